The van der Waals surface area contributed by atoms with Crippen LogP contribution < -0.4 is 11.2 Å². The van der Waals surface area contributed by atoms with Gasteiger partial charge in [0, 0.05) is 33.0 Å². The second-order valence-electron chi connectivity index (χ2n) is 7.90. The van der Waals surface area contributed by atoms with Crippen LogP contribution in [0.2, 0.25) is 0 Å². The standard InChI is InChI=1S/C21H22N6O4/c1-26-18-17(19(29)25-21(26)30)23-15(24-18)8-9-16(28)27-10-4-5-12(11-27)20-22-13-6-2-3-7-14(13)31-20/h2-3,6-7,12H,4-5,8-11H2,1H3,(H,23,24)(H,25,29,30). The van der Waals surface area contributed by atoms with Crippen molar-refractivity contribution in [1.29, 1.82) is 0 Å². The summed E-state index contributed by atoms with van der Waals surface area (Å²) in [7, 11) is 1.54. The molecule has 1 atom stereocenters. The highest BCUT2D eigenvalue weighted by atomic mass is 16.3. The van der Waals surface area contributed by atoms with Crippen molar-refractivity contribution in [3.8, 4) is 0 Å². The Kier molecular flexibility index (Phi) is 4.68. The lowest BCUT2D eigenvalue weighted by Gasteiger charge is -2.31. The number of hydrogen-bond donors (Lipinski definition) is 2. The third kappa shape index (κ3) is 3.54. The number of H-pyrrole nitrogens is 2. The number of carbonyl (C=O) groups is 1. The molecule has 1 fully saturated rings. The number of aromatic nitrogens is 5. The van der Waals surface area contributed by atoms with E-state index >= 15 is 0 Å². The van der Waals surface area contributed by atoms with Crippen LogP contribution in [-0.4, -0.2) is 48.4 Å². The molecule has 0 aliphatic carbocycles. The van der Waals surface area contributed by atoms with Crippen LogP contribution in [0, 0.1) is 0 Å². The number of benzene rings is 1. The Morgan fingerprint density at radius 2 is 2.06 bits per heavy atom. The quantitative estimate of drug-likeness (QED) is 0.512. The van der Waals surface area contributed by atoms with E-state index in [0.29, 0.717) is 31.2 Å². The maximum Gasteiger partial charge on any atom is 0.329 e. The topological polar surface area (TPSA) is 130 Å². The number of para-hydroxylation sites is 2. The summed E-state index contributed by atoms with van der Waals surface area (Å²) in [5.41, 5.74) is 1.07. The van der Waals surface area contributed by atoms with E-state index in [4.69, 9.17) is 4.42 Å². The number of amides is 1. The van der Waals surface area contributed by atoms with Crippen molar-refractivity contribution in [2.24, 2.45) is 7.05 Å². The Morgan fingerprint density at radius 3 is 2.90 bits per heavy atom. The van der Waals surface area contributed by atoms with Crippen LogP contribution in [0.3, 0.4) is 0 Å². The zero-order valence-electron chi connectivity index (χ0n) is 17.1. The molecule has 10 nitrogen and oxygen atoms in total. The van der Waals surface area contributed by atoms with E-state index in [2.05, 4.69) is 19.9 Å². The summed E-state index contributed by atoms with van der Waals surface area (Å²) in [6.07, 6.45) is 2.42. The van der Waals surface area contributed by atoms with Gasteiger partial charge in [-0.1, -0.05) is 12.1 Å². The fraction of sp³-hybridized carbons (Fsp3) is 0.381. The summed E-state index contributed by atoms with van der Waals surface area (Å²) in [6.45, 7) is 1.27. The van der Waals surface area contributed by atoms with Crippen LogP contribution in [0.4, 0.5) is 0 Å². The first-order valence-corrected chi connectivity index (χ1v) is 10.3. The summed E-state index contributed by atoms with van der Waals surface area (Å²) in [5.74, 6) is 1.27. The van der Waals surface area contributed by atoms with Gasteiger partial charge in [-0.2, -0.15) is 0 Å². The molecule has 0 radical (unpaired) electrons. The number of carbonyl (C=O) groups excluding carboxylic acids is 1. The number of aryl methyl sites for hydroxylation is 2. The number of piperidine rings is 1. The van der Waals surface area contributed by atoms with Crippen molar-refractivity contribution < 1.29 is 9.21 Å². The van der Waals surface area contributed by atoms with Crippen LogP contribution in [0.5, 0.6) is 0 Å². The molecule has 1 aliphatic heterocycles. The predicted molar refractivity (Wildman–Crippen MR) is 113 cm³/mol. The zero-order chi connectivity index (χ0) is 21.5. The van der Waals surface area contributed by atoms with Crippen molar-refractivity contribution >= 4 is 28.2 Å². The Bertz CT molecular complexity index is 1360. The fourth-order valence-electron chi connectivity index (χ4n) is 4.12. The number of likely N-dealkylation sites (tertiary alicyclic amines) is 1. The van der Waals surface area contributed by atoms with Gasteiger partial charge in [0.2, 0.25) is 5.91 Å². The first-order chi connectivity index (χ1) is 15.0. The van der Waals surface area contributed by atoms with Gasteiger partial charge in [0.05, 0.1) is 5.92 Å². The third-order valence-corrected chi connectivity index (χ3v) is 5.81. The predicted octanol–water partition coefficient (Wildman–Crippen LogP) is 1.43. The average Bonchev–Trinajstić information content (AvgIpc) is 3.41. The van der Waals surface area contributed by atoms with E-state index in [-0.39, 0.29) is 29.4 Å². The van der Waals surface area contributed by atoms with Crippen molar-refractivity contribution in [2.75, 3.05) is 13.1 Å². The second-order valence-corrected chi connectivity index (χ2v) is 7.90. The number of rotatable bonds is 4. The van der Waals surface area contributed by atoms with E-state index in [1.54, 1.807) is 0 Å². The fourth-order valence-corrected chi connectivity index (χ4v) is 4.12. The summed E-state index contributed by atoms with van der Waals surface area (Å²) in [5, 5.41) is 0. The number of oxazole rings is 1. The summed E-state index contributed by atoms with van der Waals surface area (Å²) < 4.78 is 7.18. The van der Waals surface area contributed by atoms with Crippen molar-refractivity contribution in [1.82, 2.24) is 29.4 Å². The van der Waals surface area contributed by atoms with Crippen LogP contribution in [0.25, 0.3) is 22.3 Å². The second kappa shape index (κ2) is 7.53. The van der Waals surface area contributed by atoms with E-state index in [1.807, 2.05) is 29.2 Å². The molecule has 2 N–H and O–H groups in total. The third-order valence-electron chi connectivity index (χ3n) is 5.81. The van der Waals surface area contributed by atoms with Gasteiger partial charge in [-0.25, -0.2) is 14.8 Å². The molecule has 1 aliphatic rings. The number of nitrogens with one attached hydrogen (secondary N) is 2. The molecular weight excluding hydrogens is 400 g/mol. The van der Waals surface area contributed by atoms with E-state index in [0.717, 1.165) is 23.9 Å². The molecule has 4 heterocycles. The molecule has 10 heteroatoms. The number of hydrogen-bond acceptors (Lipinski definition) is 6. The zero-order valence-corrected chi connectivity index (χ0v) is 17.1. The van der Waals surface area contributed by atoms with E-state index in [9.17, 15) is 14.4 Å². The Balaban J connectivity index is 1.27. The lowest BCUT2D eigenvalue weighted by Crippen LogP contribution is -2.39. The van der Waals surface area contributed by atoms with Gasteiger partial charge in [-0.15, -0.1) is 0 Å². The largest absolute Gasteiger partial charge is 0.440 e. The molecule has 160 valence electrons. The van der Waals surface area contributed by atoms with Gasteiger partial charge in [-0.05, 0) is 25.0 Å². The smallest absolute Gasteiger partial charge is 0.329 e. The highest BCUT2D eigenvalue weighted by molar-refractivity contribution is 5.77. The minimum Gasteiger partial charge on any atom is -0.440 e. The minimum absolute atomic E-state index is 0.0177. The summed E-state index contributed by atoms with van der Waals surface area (Å²) >= 11 is 0. The Morgan fingerprint density at radius 1 is 1.23 bits per heavy atom. The summed E-state index contributed by atoms with van der Waals surface area (Å²) in [6, 6.07) is 7.65. The van der Waals surface area contributed by atoms with Crippen LogP contribution in [0.15, 0.2) is 38.3 Å². The van der Waals surface area contributed by atoms with Crippen LogP contribution >= 0.6 is 0 Å². The molecular formula is C21H22N6O4. The van der Waals surface area contributed by atoms with Crippen molar-refractivity contribution in [3.05, 3.63) is 56.8 Å². The number of fused-ring (bicyclic) bond motifs is 2. The Hall–Kier alpha value is -3.69. The molecule has 0 spiro atoms. The average molecular weight is 422 g/mol. The molecule has 0 bridgehead atoms. The molecule has 31 heavy (non-hydrogen) atoms. The number of aromatic amines is 2. The normalized spacial score (nSPS) is 16.9. The first kappa shape index (κ1) is 19.3. The molecule has 1 aromatic carbocycles. The van der Waals surface area contributed by atoms with Gasteiger partial charge in [0.1, 0.15) is 16.9 Å². The maximum atomic E-state index is 12.8. The van der Waals surface area contributed by atoms with Gasteiger partial charge in [0.15, 0.2) is 17.1 Å². The molecule has 1 amide bonds. The molecule has 1 unspecified atom stereocenters. The first-order valence-electron chi connectivity index (χ1n) is 10.3. The van der Waals surface area contributed by atoms with E-state index in [1.165, 1.54) is 11.6 Å². The highest BCUT2D eigenvalue weighted by Gasteiger charge is 2.28. The minimum atomic E-state index is -0.523. The van der Waals surface area contributed by atoms with Crippen molar-refractivity contribution in [2.45, 2.75) is 31.6 Å². The molecule has 4 aromatic rings. The lowest BCUT2D eigenvalue weighted by molar-refractivity contribution is -0.132. The van der Waals surface area contributed by atoms with Gasteiger partial charge >= 0.3 is 5.69 Å². The van der Waals surface area contributed by atoms with E-state index < -0.39 is 11.2 Å². The van der Waals surface area contributed by atoms with Crippen LogP contribution in [-0.2, 0) is 18.3 Å². The van der Waals surface area contributed by atoms with Crippen LogP contribution in [0.1, 0.15) is 36.9 Å². The molecule has 5 rings (SSSR count). The van der Waals surface area contributed by atoms with Crippen molar-refractivity contribution in [3.63, 3.8) is 0 Å². The van der Waals surface area contributed by atoms with Gasteiger partial charge in [0.25, 0.3) is 5.56 Å². The molecule has 0 saturated carbocycles. The van der Waals surface area contributed by atoms with Gasteiger partial charge < -0.3 is 14.3 Å². The summed E-state index contributed by atoms with van der Waals surface area (Å²) in [4.78, 5) is 52.4. The SMILES string of the molecule is Cn1c(=O)[nH]c(=O)c2[nH]c(CCC(=O)N3CCCC(c4nc5ccccc5o4)C3)nc21. The highest BCUT2D eigenvalue weighted by Crippen LogP contribution is 2.29. The lowest BCUT2D eigenvalue weighted by atomic mass is 9.97. The number of imidazole rings is 1. The Labute approximate surface area is 175 Å². The van der Waals surface area contributed by atoms with Gasteiger partial charge in [-0.3, -0.25) is 19.1 Å². The molecule has 3 aromatic heterocycles. The maximum absolute atomic E-state index is 12.8. The monoisotopic (exact) mass is 422 g/mol. The molecule has 1 saturated heterocycles. The number of nitrogens with zero attached hydrogens (tertiary/aromatic N) is 4.